The zero-order valence-corrected chi connectivity index (χ0v) is 19.3. The van der Waals surface area contributed by atoms with Crippen molar-refractivity contribution in [3.63, 3.8) is 0 Å². The lowest BCUT2D eigenvalue weighted by Crippen LogP contribution is -2.30. The summed E-state index contributed by atoms with van der Waals surface area (Å²) in [7, 11) is 1.82. The number of hydrogen-bond donors (Lipinski definition) is 3. The minimum Gasteiger partial charge on any atom is -0.465 e. The van der Waals surface area contributed by atoms with Crippen LogP contribution in [0.1, 0.15) is 52.7 Å². The Morgan fingerprint density at radius 1 is 1.15 bits per heavy atom. The average Bonchev–Trinajstić information content (AvgIpc) is 3.00. The summed E-state index contributed by atoms with van der Waals surface area (Å²) < 4.78 is 16.2. The van der Waals surface area contributed by atoms with Crippen LogP contribution in [0.3, 0.4) is 0 Å². The first-order valence-electron chi connectivity index (χ1n) is 11.3. The summed E-state index contributed by atoms with van der Waals surface area (Å²) in [6.45, 7) is 2.06. The molecule has 1 aromatic heterocycles. The van der Waals surface area contributed by atoms with Crippen molar-refractivity contribution in [2.45, 2.75) is 45.7 Å². The highest BCUT2D eigenvalue weighted by Crippen LogP contribution is 2.37. The monoisotopic (exact) mass is 465 g/mol. The third-order valence-electron chi connectivity index (χ3n) is 6.01. The van der Waals surface area contributed by atoms with E-state index in [9.17, 15) is 14.0 Å². The van der Waals surface area contributed by atoms with Crippen LogP contribution in [0.5, 0.6) is 0 Å². The van der Waals surface area contributed by atoms with E-state index in [4.69, 9.17) is 5.11 Å². The van der Waals surface area contributed by atoms with E-state index in [0.717, 1.165) is 28.7 Å². The summed E-state index contributed by atoms with van der Waals surface area (Å²) in [5.74, 6) is -0.220. The average molecular weight is 466 g/mol. The molecule has 9 heteroatoms. The predicted octanol–water partition coefficient (Wildman–Crippen LogP) is 5.10. The second-order valence-electron chi connectivity index (χ2n) is 8.56. The molecular formula is C25H28FN5O3. The maximum absolute atomic E-state index is 14.5. The third-order valence-corrected chi connectivity index (χ3v) is 6.01. The van der Waals surface area contributed by atoms with Crippen molar-refractivity contribution in [2.24, 2.45) is 7.05 Å². The standard InChI is InChI=1S/C21H20FN5O3.C4H8/c1-12-3-6-18-17(7-12)25-19-15(10-24-26(19)2)11-27(18)20(28)13-4-5-14(16(22)8-13)9-23-21(29)30;1-2-4-3-1/h3-8,10,23,25H,9,11H2,1-2H3,(H,29,30);1-4H2. The number of amides is 2. The molecule has 178 valence electrons. The zero-order chi connectivity index (χ0) is 24.2. The number of anilines is 3. The Bertz CT molecular complexity index is 1220. The Balaban J connectivity index is 0.000000620. The van der Waals surface area contributed by atoms with Crippen molar-refractivity contribution < 1.29 is 19.1 Å². The molecule has 1 aliphatic carbocycles. The fraction of sp³-hybridized carbons (Fsp3) is 0.320. The number of carbonyl (C=O) groups excluding carboxylic acids is 1. The van der Waals surface area contributed by atoms with Gasteiger partial charge in [0.2, 0.25) is 0 Å². The van der Waals surface area contributed by atoms with Crippen LogP contribution in [0.25, 0.3) is 0 Å². The van der Waals surface area contributed by atoms with Gasteiger partial charge >= 0.3 is 6.09 Å². The van der Waals surface area contributed by atoms with Gasteiger partial charge in [0, 0.05) is 30.3 Å². The van der Waals surface area contributed by atoms with Crippen LogP contribution >= 0.6 is 0 Å². The number of rotatable bonds is 3. The van der Waals surface area contributed by atoms with Crippen LogP contribution < -0.4 is 15.5 Å². The summed E-state index contributed by atoms with van der Waals surface area (Å²) in [6, 6.07) is 9.77. The number of aryl methyl sites for hydroxylation is 2. The van der Waals surface area contributed by atoms with Gasteiger partial charge in [0.25, 0.3) is 5.91 Å². The largest absolute Gasteiger partial charge is 0.465 e. The van der Waals surface area contributed by atoms with Crippen LogP contribution in [0.15, 0.2) is 42.6 Å². The normalized spacial score (nSPS) is 13.8. The van der Waals surface area contributed by atoms with Gasteiger partial charge < -0.3 is 20.6 Å². The first kappa shape index (κ1) is 23.3. The number of nitrogens with one attached hydrogen (secondary N) is 2. The number of fused-ring (bicyclic) bond motifs is 2. The highest BCUT2D eigenvalue weighted by molar-refractivity contribution is 6.08. The van der Waals surface area contributed by atoms with Crippen molar-refractivity contribution in [2.75, 3.05) is 10.2 Å². The summed E-state index contributed by atoms with van der Waals surface area (Å²) in [6.07, 6.45) is 6.45. The van der Waals surface area contributed by atoms with E-state index in [-0.39, 0.29) is 30.1 Å². The Hall–Kier alpha value is -3.88. The quantitative estimate of drug-likeness (QED) is 0.500. The predicted molar refractivity (Wildman–Crippen MR) is 128 cm³/mol. The molecule has 1 fully saturated rings. The van der Waals surface area contributed by atoms with E-state index in [1.54, 1.807) is 15.8 Å². The van der Waals surface area contributed by atoms with Gasteiger partial charge in [-0.2, -0.15) is 5.10 Å². The summed E-state index contributed by atoms with van der Waals surface area (Å²) in [5, 5.41) is 18.4. The molecule has 3 N–H and O–H groups in total. The lowest BCUT2D eigenvalue weighted by molar-refractivity contribution is 0.0985. The minimum atomic E-state index is -1.24. The lowest BCUT2D eigenvalue weighted by atomic mass is 10.0. The number of aromatic nitrogens is 2. The summed E-state index contributed by atoms with van der Waals surface area (Å²) in [5.41, 5.74) is 3.64. The molecule has 8 nitrogen and oxygen atoms in total. The highest BCUT2D eigenvalue weighted by Gasteiger charge is 2.27. The van der Waals surface area contributed by atoms with Gasteiger partial charge in [0.05, 0.1) is 24.1 Å². The first-order chi connectivity index (χ1) is 16.3. The lowest BCUT2D eigenvalue weighted by Gasteiger charge is -2.23. The Kier molecular flexibility index (Phi) is 6.81. The molecule has 0 bridgehead atoms. The van der Waals surface area contributed by atoms with Crippen LogP contribution in [0.2, 0.25) is 0 Å². The number of carboxylic acid groups (broad SMARTS) is 1. The van der Waals surface area contributed by atoms with Crippen molar-refractivity contribution in [3.05, 3.63) is 70.7 Å². The van der Waals surface area contributed by atoms with Crippen molar-refractivity contribution in [3.8, 4) is 0 Å². The fourth-order valence-corrected chi connectivity index (χ4v) is 3.71. The van der Waals surface area contributed by atoms with Gasteiger partial charge in [-0.1, -0.05) is 37.8 Å². The molecule has 1 aliphatic heterocycles. The Labute approximate surface area is 197 Å². The van der Waals surface area contributed by atoms with Crippen LogP contribution in [0.4, 0.5) is 26.4 Å². The first-order valence-corrected chi connectivity index (χ1v) is 11.3. The van der Waals surface area contributed by atoms with Gasteiger partial charge in [-0.15, -0.1) is 0 Å². The molecule has 0 atom stereocenters. The molecular weight excluding hydrogens is 437 g/mol. The van der Waals surface area contributed by atoms with Crippen LogP contribution in [-0.4, -0.2) is 26.9 Å². The van der Waals surface area contributed by atoms with Gasteiger partial charge in [0.1, 0.15) is 11.6 Å². The van der Waals surface area contributed by atoms with E-state index in [1.165, 1.54) is 37.8 Å². The van der Waals surface area contributed by atoms with E-state index >= 15 is 0 Å². The molecule has 34 heavy (non-hydrogen) atoms. The molecule has 2 heterocycles. The van der Waals surface area contributed by atoms with Gasteiger partial charge in [0.15, 0.2) is 0 Å². The van der Waals surface area contributed by atoms with Crippen LogP contribution in [-0.2, 0) is 20.1 Å². The summed E-state index contributed by atoms with van der Waals surface area (Å²) >= 11 is 0. The molecule has 0 saturated heterocycles. The molecule has 0 spiro atoms. The van der Waals surface area contributed by atoms with E-state index < -0.39 is 11.9 Å². The van der Waals surface area contributed by atoms with Gasteiger partial charge in [-0.3, -0.25) is 9.48 Å². The number of carbonyl (C=O) groups is 2. The number of nitrogens with zero attached hydrogens (tertiary/aromatic N) is 3. The number of halogens is 1. The van der Waals surface area contributed by atoms with E-state index in [1.807, 2.05) is 32.2 Å². The SMILES string of the molecule is C1CCC1.Cc1ccc2c(c1)Nc1c(cnn1C)CN2C(=O)c1ccc(CNC(=O)O)c(F)c1. The van der Waals surface area contributed by atoms with Gasteiger partial charge in [-0.05, 0) is 36.8 Å². The second kappa shape index (κ2) is 9.94. The van der Waals surface area contributed by atoms with Crippen molar-refractivity contribution >= 4 is 29.2 Å². The Morgan fingerprint density at radius 2 is 1.88 bits per heavy atom. The topological polar surface area (TPSA) is 99.5 Å². The molecule has 0 unspecified atom stereocenters. The second-order valence-corrected chi connectivity index (χ2v) is 8.56. The smallest absolute Gasteiger partial charge is 0.404 e. The minimum absolute atomic E-state index is 0.164. The van der Waals surface area contributed by atoms with E-state index in [2.05, 4.69) is 15.7 Å². The third kappa shape index (κ3) is 5.03. The van der Waals surface area contributed by atoms with Crippen molar-refractivity contribution in [1.29, 1.82) is 0 Å². The Morgan fingerprint density at radius 3 is 2.53 bits per heavy atom. The molecule has 5 rings (SSSR count). The molecule has 3 aromatic rings. The maximum Gasteiger partial charge on any atom is 0.404 e. The number of benzene rings is 2. The molecule has 2 aromatic carbocycles. The molecule has 0 radical (unpaired) electrons. The van der Waals surface area contributed by atoms with E-state index in [0.29, 0.717) is 5.69 Å². The molecule has 1 saturated carbocycles. The highest BCUT2D eigenvalue weighted by atomic mass is 19.1. The van der Waals surface area contributed by atoms with Crippen LogP contribution in [0, 0.1) is 12.7 Å². The maximum atomic E-state index is 14.5. The molecule has 2 aliphatic rings. The fourth-order valence-electron chi connectivity index (χ4n) is 3.71. The number of hydrogen-bond acceptors (Lipinski definition) is 4. The van der Waals surface area contributed by atoms with Crippen molar-refractivity contribution in [1.82, 2.24) is 15.1 Å². The zero-order valence-electron chi connectivity index (χ0n) is 19.3. The summed E-state index contributed by atoms with van der Waals surface area (Å²) in [4.78, 5) is 25.6. The van der Waals surface area contributed by atoms with Gasteiger partial charge in [-0.25, -0.2) is 9.18 Å². The molecule has 2 amide bonds.